The Kier molecular flexibility index (Phi) is 8.80. The van der Waals surface area contributed by atoms with Crippen LogP contribution < -0.4 is 10.6 Å². The van der Waals surface area contributed by atoms with Crippen LogP contribution in [0.15, 0.2) is 79.1 Å². The molecule has 5 aromatic rings. The van der Waals surface area contributed by atoms with Gasteiger partial charge in [-0.1, -0.05) is 76.9 Å². The van der Waals surface area contributed by atoms with Crippen molar-refractivity contribution < 1.29 is 0 Å². The molecule has 5 rings (SSSR count). The third-order valence-corrected chi connectivity index (χ3v) is 7.36. The zero-order chi connectivity index (χ0) is 29.5. The first-order valence-electron chi connectivity index (χ1n) is 13.0. The van der Waals surface area contributed by atoms with Crippen LogP contribution in [-0.4, -0.2) is 20.0 Å². The van der Waals surface area contributed by atoms with E-state index in [1.807, 2.05) is 54.6 Å². The minimum Gasteiger partial charge on any atom is -0.377 e. The van der Waals surface area contributed by atoms with Crippen LogP contribution in [0.5, 0.6) is 0 Å². The largest absolute Gasteiger partial charge is 0.377 e. The highest BCUT2D eigenvalue weighted by atomic mass is 35.5. The molecule has 11 heteroatoms. The molecule has 2 aromatic heterocycles. The Balaban J connectivity index is 1.61. The predicted octanol–water partition coefficient (Wildman–Crippen LogP) is 7.19. The molecule has 2 unspecified atom stereocenters. The van der Waals surface area contributed by atoms with E-state index in [4.69, 9.17) is 28.5 Å². The number of nitriles is 3. The summed E-state index contributed by atoms with van der Waals surface area (Å²) in [7, 11) is 0. The molecule has 2 N–H and O–H groups in total. The fourth-order valence-corrected chi connectivity index (χ4v) is 5.27. The molecular weight excluding hydrogens is 569 g/mol. The Bertz CT molecular complexity index is 1850. The summed E-state index contributed by atoms with van der Waals surface area (Å²) in [5.41, 5.74) is 4.34. The van der Waals surface area contributed by atoms with Gasteiger partial charge in [-0.3, -0.25) is 4.98 Å². The molecule has 206 valence electrons. The van der Waals surface area contributed by atoms with Gasteiger partial charge in [0.25, 0.3) is 0 Å². The van der Waals surface area contributed by atoms with Crippen molar-refractivity contribution in [1.29, 1.82) is 15.8 Å². The third-order valence-electron chi connectivity index (χ3n) is 6.72. The predicted molar refractivity (Wildman–Crippen MR) is 162 cm³/mol. The number of halogens is 2. The third kappa shape index (κ3) is 6.11. The highest BCUT2D eigenvalue weighted by Gasteiger charge is 2.23. The maximum Gasteiger partial charge on any atom is 0.129 e. The van der Waals surface area contributed by atoms with Gasteiger partial charge >= 0.3 is 0 Å². The lowest BCUT2D eigenvalue weighted by Gasteiger charge is -2.23. The lowest BCUT2D eigenvalue weighted by Crippen LogP contribution is -2.14. The molecule has 2 heterocycles. The summed E-state index contributed by atoms with van der Waals surface area (Å²) in [6, 6.07) is 26.5. The molecule has 0 aliphatic heterocycles. The molecule has 0 saturated heterocycles. The first kappa shape index (κ1) is 28.4. The second-order valence-corrected chi connectivity index (χ2v) is 10.2. The van der Waals surface area contributed by atoms with Crippen molar-refractivity contribution in [2.24, 2.45) is 0 Å². The average Bonchev–Trinajstić information content (AvgIpc) is 3.47. The molecule has 42 heavy (non-hydrogen) atoms. The van der Waals surface area contributed by atoms with Crippen LogP contribution in [0.3, 0.4) is 0 Å². The van der Waals surface area contributed by atoms with Crippen LogP contribution in [0.2, 0.25) is 10.0 Å². The standard InChI is InChI=1S/C31H23Cl2N9/c32-25-10-5-4-9-23(25)31(28-19-42(14-13-35)41-40-28)38-22-15-24-29(21(17-36)18-37-30(24)26(33)16-22)39-27(11-6-12-34)20-7-2-1-3-8-20/h1-5,7-10,15-16,18-19,27,31,38H,6,11,14H2,(H,37,39). The minimum absolute atomic E-state index is 0.0516. The van der Waals surface area contributed by atoms with Gasteiger partial charge < -0.3 is 10.6 Å². The monoisotopic (exact) mass is 591 g/mol. The Morgan fingerprint density at radius 2 is 1.69 bits per heavy atom. The Hall–Kier alpha value is -5.14. The van der Waals surface area contributed by atoms with E-state index in [-0.39, 0.29) is 12.6 Å². The van der Waals surface area contributed by atoms with Gasteiger partial charge in [-0.25, -0.2) is 4.68 Å². The summed E-state index contributed by atoms with van der Waals surface area (Å²) in [5.74, 6) is 0. The summed E-state index contributed by atoms with van der Waals surface area (Å²) in [4.78, 5) is 4.48. The maximum atomic E-state index is 10.0. The lowest BCUT2D eigenvalue weighted by molar-refractivity contribution is 0.667. The number of nitrogens with one attached hydrogen (secondary N) is 2. The number of hydrogen-bond donors (Lipinski definition) is 2. The molecule has 0 spiro atoms. The normalized spacial score (nSPS) is 12.1. The van der Waals surface area contributed by atoms with E-state index in [0.717, 1.165) is 11.1 Å². The van der Waals surface area contributed by atoms with E-state index >= 15 is 0 Å². The van der Waals surface area contributed by atoms with Gasteiger partial charge in [-0.2, -0.15) is 15.8 Å². The van der Waals surface area contributed by atoms with E-state index in [0.29, 0.717) is 56.4 Å². The van der Waals surface area contributed by atoms with Crippen molar-refractivity contribution in [3.05, 3.63) is 112 Å². The van der Waals surface area contributed by atoms with E-state index in [9.17, 15) is 10.5 Å². The second kappa shape index (κ2) is 13.0. The van der Waals surface area contributed by atoms with Crippen LogP contribution in [0.25, 0.3) is 10.9 Å². The lowest BCUT2D eigenvalue weighted by atomic mass is 10.00. The van der Waals surface area contributed by atoms with Gasteiger partial charge in [0.2, 0.25) is 0 Å². The number of nitrogens with zero attached hydrogens (tertiary/aromatic N) is 7. The van der Waals surface area contributed by atoms with Crippen molar-refractivity contribution in [3.63, 3.8) is 0 Å². The van der Waals surface area contributed by atoms with Crippen LogP contribution >= 0.6 is 23.2 Å². The van der Waals surface area contributed by atoms with Gasteiger partial charge in [-0.15, -0.1) is 5.10 Å². The first-order valence-corrected chi connectivity index (χ1v) is 13.8. The number of fused-ring (bicyclic) bond motifs is 1. The highest BCUT2D eigenvalue weighted by molar-refractivity contribution is 6.36. The maximum absolute atomic E-state index is 10.0. The van der Waals surface area contributed by atoms with Gasteiger partial charge in [0.15, 0.2) is 0 Å². The molecule has 0 amide bonds. The second-order valence-electron chi connectivity index (χ2n) is 9.42. The topological polar surface area (TPSA) is 139 Å². The van der Waals surface area contributed by atoms with Gasteiger partial charge in [-0.05, 0) is 35.7 Å². The molecule has 0 radical (unpaired) electrons. The Morgan fingerprint density at radius 1 is 0.905 bits per heavy atom. The smallest absolute Gasteiger partial charge is 0.129 e. The summed E-state index contributed by atoms with van der Waals surface area (Å²) in [5, 5.41) is 45.3. The number of rotatable bonds is 10. The quantitative estimate of drug-likeness (QED) is 0.174. The molecular formula is C31H23Cl2N9. The molecule has 0 aliphatic rings. The van der Waals surface area contributed by atoms with E-state index in [1.54, 1.807) is 18.3 Å². The average molecular weight is 592 g/mol. The molecule has 0 aliphatic carbocycles. The number of benzene rings is 3. The van der Waals surface area contributed by atoms with Crippen molar-refractivity contribution in [1.82, 2.24) is 20.0 Å². The molecule has 0 saturated carbocycles. The molecule has 0 bridgehead atoms. The van der Waals surface area contributed by atoms with Crippen molar-refractivity contribution in [2.75, 3.05) is 10.6 Å². The summed E-state index contributed by atoms with van der Waals surface area (Å²) in [6.07, 6.45) is 4.05. The van der Waals surface area contributed by atoms with E-state index in [2.05, 4.69) is 44.1 Å². The van der Waals surface area contributed by atoms with Gasteiger partial charge in [0, 0.05) is 28.7 Å². The highest BCUT2D eigenvalue weighted by Crippen LogP contribution is 2.38. The fourth-order valence-electron chi connectivity index (χ4n) is 4.76. The van der Waals surface area contributed by atoms with E-state index < -0.39 is 6.04 Å². The molecule has 2 atom stereocenters. The van der Waals surface area contributed by atoms with Crippen molar-refractivity contribution in [2.45, 2.75) is 31.5 Å². The molecule has 0 fully saturated rings. The first-order chi connectivity index (χ1) is 20.5. The van der Waals surface area contributed by atoms with Crippen molar-refractivity contribution in [3.8, 4) is 18.2 Å². The van der Waals surface area contributed by atoms with Gasteiger partial charge in [0.05, 0.1) is 52.2 Å². The van der Waals surface area contributed by atoms with Crippen molar-refractivity contribution >= 4 is 45.5 Å². The molecule has 3 aromatic carbocycles. The van der Waals surface area contributed by atoms with Crippen LogP contribution in [-0.2, 0) is 6.54 Å². The zero-order valence-corrected chi connectivity index (χ0v) is 23.7. The van der Waals surface area contributed by atoms with Crippen LogP contribution in [0.4, 0.5) is 11.4 Å². The summed E-state index contributed by atoms with van der Waals surface area (Å²) >= 11 is 13.4. The van der Waals surface area contributed by atoms with Crippen LogP contribution in [0.1, 0.15) is 47.3 Å². The SMILES string of the molecule is N#CCCC(Nc1c(C#N)cnc2c(Cl)cc(NC(c3cn(CC#N)nn3)c3ccccc3Cl)cc12)c1ccccc1. The number of anilines is 2. The number of hydrogen-bond acceptors (Lipinski definition) is 8. The minimum atomic E-state index is -0.532. The zero-order valence-electron chi connectivity index (χ0n) is 22.2. The summed E-state index contributed by atoms with van der Waals surface area (Å²) in [6.45, 7) is 0.0516. The van der Waals surface area contributed by atoms with E-state index in [1.165, 1.54) is 10.9 Å². The summed E-state index contributed by atoms with van der Waals surface area (Å²) < 4.78 is 1.45. The van der Waals surface area contributed by atoms with Gasteiger partial charge in [0.1, 0.15) is 18.3 Å². The fraction of sp³-hybridized carbons (Fsp3) is 0.161. The Labute approximate surface area is 252 Å². The Morgan fingerprint density at radius 3 is 2.43 bits per heavy atom. The van der Waals surface area contributed by atoms with Crippen LogP contribution in [0, 0.1) is 34.0 Å². The number of pyridine rings is 1. The molecule has 9 nitrogen and oxygen atoms in total. The number of aromatic nitrogens is 4.